The molecule has 0 aromatic heterocycles. The molecule has 2 amide bonds. The number of amidine groups is 1. The van der Waals surface area contributed by atoms with Gasteiger partial charge in [0.05, 0.1) is 7.11 Å². The van der Waals surface area contributed by atoms with Gasteiger partial charge in [-0.1, -0.05) is 29.8 Å². The number of amides is 2. The van der Waals surface area contributed by atoms with Crippen LogP contribution in [-0.2, 0) is 19.6 Å². The zero-order valence-electron chi connectivity index (χ0n) is 18.2. The zero-order valence-corrected chi connectivity index (χ0v) is 19.0. The summed E-state index contributed by atoms with van der Waals surface area (Å²) in [5.41, 5.74) is 2.28. The molecule has 168 valence electrons. The normalized spacial score (nSPS) is 19.5. The summed E-state index contributed by atoms with van der Waals surface area (Å²) in [5, 5.41) is 2.63. The van der Waals surface area contributed by atoms with Crippen molar-refractivity contribution in [2.75, 3.05) is 33.3 Å². The SMILES string of the molecule is COC(=O)[C@@H](C)NC(=O)N1CCCN(C2=NS(=O)(=O)C(c3ccc(C)cc3)=C2C)CC1. The highest BCUT2D eigenvalue weighted by molar-refractivity contribution is 8.00. The first-order chi connectivity index (χ1) is 14.6. The fraction of sp³-hybridized carbons (Fsp3) is 0.476. The van der Waals surface area contributed by atoms with Gasteiger partial charge in [0.1, 0.15) is 16.8 Å². The van der Waals surface area contributed by atoms with E-state index in [1.54, 1.807) is 30.9 Å². The number of nitrogens with zero attached hydrogens (tertiary/aromatic N) is 3. The van der Waals surface area contributed by atoms with E-state index in [-0.39, 0.29) is 10.9 Å². The van der Waals surface area contributed by atoms with Gasteiger partial charge >= 0.3 is 12.0 Å². The number of sulfonamides is 1. The van der Waals surface area contributed by atoms with E-state index in [1.807, 2.05) is 24.0 Å². The van der Waals surface area contributed by atoms with Crippen molar-refractivity contribution in [2.45, 2.75) is 33.2 Å². The van der Waals surface area contributed by atoms with Crippen LogP contribution < -0.4 is 5.32 Å². The Morgan fingerprint density at radius 2 is 1.77 bits per heavy atom. The van der Waals surface area contributed by atoms with Crippen LogP contribution in [0.25, 0.3) is 4.91 Å². The number of nitrogens with one attached hydrogen (secondary N) is 1. The number of benzene rings is 1. The van der Waals surface area contributed by atoms with Gasteiger partial charge in [0.2, 0.25) is 0 Å². The molecule has 1 atom stereocenters. The molecule has 2 aliphatic heterocycles. The number of carbonyl (C=O) groups is 2. The zero-order chi connectivity index (χ0) is 22.8. The molecular weight excluding hydrogens is 420 g/mol. The number of rotatable bonds is 3. The molecule has 1 aromatic rings. The summed E-state index contributed by atoms with van der Waals surface area (Å²) in [6.45, 7) is 7.16. The number of hydrogen-bond donors (Lipinski definition) is 1. The summed E-state index contributed by atoms with van der Waals surface area (Å²) in [4.78, 5) is 27.8. The van der Waals surface area contributed by atoms with Crippen molar-refractivity contribution in [3.05, 3.63) is 41.0 Å². The van der Waals surface area contributed by atoms with Crippen LogP contribution >= 0.6 is 0 Å². The summed E-state index contributed by atoms with van der Waals surface area (Å²) in [6, 6.07) is 6.24. The van der Waals surface area contributed by atoms with Gasteiger partial charge in [-0.05, 0) is 32.8 Å². The predicted molar refractivity (Wildman–Crippen MR) is 118 cm³/mol. The average Bonchev–Trinajstić information content (AvgIpc) is 2.89. The first kappa shape index (κ1) is 22.8. The van der Waals surface area contributed by atoms with Crippen molar-refractivity contribution in [2.24, 2.45) is 4.40 Å². The minimum atomic E-state index is -3.79. The van der Waals surface area contributed by atoms with E-state index in [2.05, 4.69) is 14.5 Å². The highest BCUT2D eigenvalue weighted by Crippen LogP contribution is 2.33. The van der Waals surface area contributed by atoms with Gasteiger partial charge in [-0.2, -0.15) is 8.42 Å². The van der Waals surface area contributed by atoms with Crippen LogP contribution in [0.5, 0.6) is 0 Å². The fourth-order valence-electron chi connectivity index (χ4n) is 3.73. The molecule has 0 spiro atoms. The van der Waals surface area contributed by atoms with Crippen molar-refractivity contribution in [3.63, 3.8) is 0 Å². The second-order valence-electron chi connectivity index (χ2n) is 7.73. The lowest BCUT2D eigenvalue weighted by Gasteiger charge is -2.24. The Bertz CT molecular complexity index is 1030. The molecule has 1 N–H and O–H groups in total. The van der Waals surface area contributed by atoms with Gasteiger partial charge in [-0.15, -0.1) is 4.40 Å². The van der Waals surface area contributed by atoms with Crippen LogP contribution in [0.1, 0.15) is 31.4 Å². The number of aryl methyl sites for hydroxylation is 1. The molecule has 1 saturated heterocycles. The maximum atomic E-state index is 12.8. The molecule has 31 heavy (non-hydrogen) atoms. The van der Waals surface area contributed by atoms with Crippen LogP contribution in [0.3, 0.4) is 0 Å². The number of ether oxygens (including phenoxy) is 1. The van der Waals surface area contributed by atoms with E-state index in [1.165, 1.54) is 7.11 Å². The van der Waals surface area contributed by atoms with Crippen LogP contribution in [0.2, 0.25) is 0 Å². The lowest BCUT2D eigenvalue weighted by atomic mass is 10.1. The largest absolute Gasteiger partial charge is 0.467 e. The number of hydrogen-bond acceptors (Lipinski definition) is 6. The Labute approximate surface area is 182 Å². The molecule has 10 heteroatoms. The first-order valence-electron chi connectivity index (χ1n) is 10.2. The van der Waals surface area contributed by atoms with Crippen LogP contribution in [0, 0.1) is 6.92 Å². The van der Waals surface area contributed by atoms with Gasteiger partial charge in [0.15, 0.2) is 0 Å². The molecular formula is C21H28N4O5S. The molecule has 0 radical (unpaired) electrons. The van der Waals surface area contributed by atoms with Crippen molar-refractivity contribution in [1.29, 1.82) is 0 Å². The standard InChI is InChI=1S/C21H28N4O5S/c1-14-6-8-17(9-7-14)18-15(2)19(23-31(18,28)29)24-10-5-11-25(13-12-24)21(27)22-16(3)20(26)30-4/h6-9,16H,5,10-13H2,1-4H3,(H,22,27)/t16-/m1/s1. The summed E-state index contributed by atoms with van der Waals surface area (Å²) in [7, 11) is -2.52. The van der Waals surface area contributed by atoms with Crippen molar-refractivity contribution in [1.82, 2.24) is 15.1 Å². The third-order valence-electron chi connectivity index (χ3n) is 5.43. The van der Waals surface area contributed by atoms with E-state index in [4.69, 9.17) is 0 Å². The topological polar surface area (TPSA) is 108 Å². The maximum absolute atomic E-state index is 12.8. The summed E-state index contributed by atoms with van der Waals surface area (Å²) >= 11 is 0. The Morgan fingerprint density at radius 3 is 2.42 bits per heavy atom. The fourth-order valence-corrected chi connectivity index (χ4v) is 5.22. The predicted octanol–water partition coefficient (Wildman–Crippen LogP) is 1.75. The van der Waals surface area contributed by atoms with Gasteiger partial charge in [0.25, 0.3) is 10.0 Å². The van der Waals surface area contributed by atoms with Crippen molar-refractivity contribution in [3.8, 4) is 0 Å². The molecule has 9 nitrogen and oxygen atoms in total. The van der Waals surface area contributed by atoms with Gasteiger partial charge in [-0.25, -0.2) is 9.59 Å². The van der Waals surface area contributed by atoms with Crippen LogP contribution in [0.4, 0.5) is 4.79 Å². The minimum absolute atomic E-state index is 0.230. The van der Waals surface area contributed by atoms with Gasteiger partial charge in [-0.3, -0.25) is 0 Å². The molecule has 0 aliphatic carbocycles. The van der Waals surface area contributed by atoms with E-state index >= 15 is 0 Å². The van der Waals surface area contributed by atoms with Crippen LogP contribution in [0.15, 0.2) is 34.2 Å². The molecule has 1 fully saturated rings. The molecule has 3 rings (SSSR count). The lowest BCUT2D eigenvalue weighted by Crippen LogP contribution is -2.48. The molecule has 0 unspecified atom stereocenters. The average molecular weight is 449 g/mol. The van der Waals surface area contributed by atoms with E-state index in [0.717, 1.165) is 5.56 Å². The Balaban J connectivity index is 1.75. The number of urea groups is 1. The molecule has 2 heterocycles. The van der Waals surface area contributed by atoms with Gasteiger partial charge in [0, 0.05) is 31.8 Å². The van der Waals surface area contributed by atoms with E-state index < -0.39 is 22.0 Å². The molecule has 0 saturated carbocycles. The summed E-state index contributed by atoms with van der Waals surface area (Å²) in [6.07, 6.45) is 0.645. The first-order valence-corrected chi connectivity index (χ1v) is 11.6. The lowest BCUT2D eigenvalue weighted by molar-refractivity contribution is -0.142. The van der Waals surface area contributed by atoms with Crippen molar-refractivity contribution >= 4 is 32.8 Å². The molecule has 0 bridgehead atoms. The Kier molecular flexibility index (Phi) is 6.68. The number of esters is 1. The van der Waals surface area contributed by atoms with E-state index in [9.17, 15) is 18.0 Å². The summed E-state index contributed by atoms with van der Waals surface area (Å²) < 4.78 is 34.3. The second kappa shape index (κ2) is 9.09. The monoisotopic (exact) mass is 448 g/mol. The quantitative estimate of drug-likeness (QED) is 0.706. The second-order valence-corrected chi connectivity index (χ2v) is 9.27. The minimum Gasteiger partial charge on any atom is -0.467 e. The van der Waals surface area contributed by atoms with Crippen molar-refractivity contribution < 1.29 is 22.7 Å². The third kappa shape index (κ3) is 4.90. The Morgan fingerprint density at radius 1 is 1.10 bits per heavy atom. The Hall–Kier alpha value is -2.88. The van der Waals surface area contributed by atoms with E-state index in [0.29, 0.717) is 49.6 Å². The highest BCUT2D eigenvalue weighted by Gasteiger charge is 2.34. The summed E-state index contributed by atoms with van der Waals surface area (Å²) in [5.74, 6) is -0.0829. The van der Waals surface area contributed by atoms with Crippen LogP contribution in [-0.4, -0.2) is 75.4 Å². The maximum Gasteiger partial charge on any atom is 0.328 e. The highest BCUT2D eigenvalue weighted by atomic mass is 32.2. The third-order valence-corrected chi connectivity index (χ3v) is 6.90. The van der Waals surface area contributed by atoms with Gasteiger partial charge < -0.3 is 19.9 Å². The molecule has 1 aromatic carbocycles. The molecule has 2 aliphatic rings. The smallest absolute Gasteiger partial charge is 0.328 e. The number of carbonyl (C=O) groups excluding carboxylic acids is 2. The number of methoxy groups -OCH3 is 1.